The molecule has 2 fully saturated rings. The third-order valence-electron chi connectivity index (χ3n) is 6.97. The van der Waals surface area contributed by atoms with Crippen LogP contribution in [0.4, 0.5) is 10.2 Å². The fourth-order valence-corrected chi connectivity index (χ4v) is 5.11. The lowest BCUT2D eigenvalue weighted by atomic mass is 9.81. The molecule has 0 unspecified atom stereocenters. The average Bonchev–Trinajstić information content (AvgIpc) is 3.50. The number of anilines is 1. The van der Waals surface area contributed by atoms with Crippen LogP contribution in [0, 0.1) is 29.0 Å². The van der Waals surface area contributed by atoms with Crippen molar-refractivity contribution < 1.29 is 14.0 Å². The number of amides is 1. The Hall–Kier alpha value is -3.51. The van der Waals surface area contributed by atoms with Gasteiger partial charge in [0, 0.05) is 32.1 Å². The van der Waals surface area contributed by atoms with E-state index in [1.54, 1.807) is 12.4 Å². The van der Waals surface area contributed by atoms with Crippen LogP contribution in [-0.2, 0) is 16.7 Å². The zero-order chi connectivity index (χ0) is 23.7. The van der Waals surface area contributed by atoms with Crippen LogP contribution >= 0.6 is 0 Å². The molecule has 2 aromatic heterocycles. The summed E-state index contributed by atoms with van der Waals surface area (Å²) in [5, 5.41) is 15.1. The van der Waals surface area contributed by atoms with Crippen LogP contribution in [0.15, 0.2) is 36.8 Å². The summed E-state index contributed by atoms with van der Waals surface area (Å²) >= 11 is 0. The van der Waals surface area contributed by atoms with Gasteiger partial charge in [-0.1, -0.05) is 0 Å². The minimum Gasteiger partial charge on any atom is -0.369 e. The summed E-state index contributed by atoms with van der Waals surface area (Å²) in [5.41, 5.74) is 1.75. The quantitative estimate of drug-likeness (QED) is 0.613. The Labute approximate surface area is 197 Å². The van der Waals surface area contributed by atoms with Gasteiger partial charge >= 0.3 is 0 Å². The van der Waals surface area contributed by atoms with Gasteiger partial charge < -0.3 is 9.88 Å². The number of nitrogens with one attached hydrogen (secondary N) is 1. The molecule has 0 bridgehead atoms. The van der Waals surface area contributed by atoms with Gasteiger partial charge in [-0.15, -0.1) is 0 Å². The first-order chi connectivity index (χ1) is 16.5. The van der Waals surface area contributed by atoms with Crippen molar-refractivity contribution in [3.8, 4) is 6.07 Å². The zero-order valence-electron chi connectivity index (χ0n) is 19.1. The summed E-state index contributed by atoms with van der Waals surface area (Å²) in [7, 11) is 1.96. The van der Waals surface area contributed by atoms with Crippen LogP contribution in [0.1, 0.15) is 49.3 Å². The summed E-state index contributed by atoms with van der Waals surface area (Å²) in [6, 6.07) is 7.86. The van der Waals surface area contributed by atoms with E-state index in [0.29, 0.717) is 24.5 Å². The summed E-state index contributed by atoms with van der Waals surface area (Å²) in [4.78, 5) is 27.7. The van der Waals surface area contributed by atoms with Crippen molar-refractivity contribution in [1.82, 2.24) is 19.6 Å². The highest BCUT2D eigenvalue weighted by atomic mass is 19.1. The fraction of sp³-hybridized carbons (Fsp3) is 0.440. The lowest BCUT2D eigenvalue weighted by molar-refractivity contribution is -0.183. The number of nitriles is 1. The first-order valence-corrected chi connectivity index (χ1v) is 11.7. The SMILES string of the molecule is Cn1ccc2c(NCC3CCC(C(=O)N4OCC[C@H]4c4cc(F)cc(C#N)c4)CC3)ncnc21. The molecule has 3 heterocycles. The Kier molecular flexibility index (Phi) is 6.16. The van der Waals surface area contributed by atoms with Crippen molar-refractivity contribution in [3.05, 3.63) is 53.7 Å². The molecule has 2 aliphatic rings. The number of nitrogens with zero attached hydrogens (tertiary/aromatic N) is 5. The fourth-order valence-electron chi connectivity index (χ4n) is 5.11. The van der Waals surface area contributed by atoms with E-state index in [4.69, 9.17) is 10.1 Å². The Morgan fingerprint density at radius 1 is 1.24 bits per heavy atom. The normalized spacial score (nSPS) is 22.6. The van der Waals surface area contributed by atoms with Gasteiger partial charge in [-0.3, -0.25) is 9.63 Å². The molecule has 3 aromatic rings. The second-order valence-corrected chi connectivity index (χ2v) is 9.17. The van der Waals surface area contributed by atoms with Crippen molar-refractivity contribution in [2.75, 3.05) is 18.5 Å². The number of benzene rings is 1. The molecule has 1 N–H and O–H groups in total. The predicted molar refractivity (Wildman–Crippen MR) is 124 cm³/mol. The minimum atomic E-state index is -0.474. The number of aryl methyl sites for hydroxylation is 1. The number of halogens is 1. The predicted octanol–water partition coefficient (Wildman–Crippen LogP) is 4.10. The number of carbonyl (C=O) groups excluding carboxylic acids is 1. The standard InChI is InChI=1S/C25H27FN6O2/c1-31-8-6-21-23(29-15-30-24(21)31)28-14-16-2-4-18(5-3-16)25(33)32-22(7-9-34-32)19-10-17(13-27)11-20(26)12-19/h6,8,10-12,15-16,18,22H,2-5,7,9,14H2,1H3,(H,28,29,30)/t16?,18?,22-/m0/s1. The molecule has 176 valence electrons. The molecule has 8 nitrogen and oxygen atoms in total. The van der Waals surface area contributed by atoms with E-state index in [9.17, 15) is 9.18 Å². The first-order valence-electron chi connectivity index (χ1n) is 11.7. The van der Waals surface area contributed by atoms with Crippen molar-refractivity contribution >= 4 is 22.8 Å². The van der Waals surface area contributed by atoms with Gasteiger partial charge in [-0.2, -0.15) is 5.26 Å². The van der Waals surface area contributed by atoms with E-state index in [2.05, 4.69) is 15.3 Å². The number of hydroxylamine groups is 2. The minimum absolute atomic E-state index is 0.0431. The van der Waals surface area contributed by atoms with Gasteiger partial charge in [0.15, 0.2) is 0 Å². The molecule has 0 radical (unpaired) electrons. The summed E-state index contributed by atoms with van der Waals surface area (Å²) in [5.74, 6) is 0.662. The van der Waals surface area contributed by atoms with Crippen molar-refractivity contribution in [2.45, 2.75) is 38.1 Å². The molecule has 5 rings (SSSR count). The second-order valence-electron chi connectivity index (χ2n) is 9.17. The molecular formula is C25H27FN6O2. The van der Waals surface area contributed by atoms with Crippen LogP contribution in [-0.4, -0.2) is 38.7 Å². The van der Waals surface area contributed by atoms with Crippen molar-refractivity contribution in [2.24, 2.45) is 18.9 Å². The number of fused-ring (bicyclic) bond motifs is 1. The summed E-state index contributed by atoms with van der Waals surface area (Å²) < 4.78 is 15.9. The van der Waals surface area contributed by atoms with Crippen molar-refractivity contribution in [1.29, 1.82) is 5.26 Å². The lowest BCUT2D eigenvalue weighted by Gasteiger charge is -2.32. The monoisotopic (exact) mass is 462 g/mol. The average molecular weight is 463 g/mol. The Bertz CT molecular complexity index is 1240. The van der Waals surface area contributed by atoms with Gasteiger partial charge in [-0.25, -0.2) is 19.4 Å². The van der Waals surface area contributed by atoms with Gasteiger partial charge in [-0.05, 0) is 61.4 Å². The van der Waals surface area contributed by atoms with E-state index in [1.807, 2.05) is 29.9 Å². The summed E-state index contributed by atoms with van der Waals surface area (Å²) in [6.45, 7) is 1.20. The van der Waals surface area contributed by atoms with Gasteiger partial charge in [0.05, 0.1) is 29.7 Å². The molecule has 0 spiro atoms. The maximum absolute atomic E-state index is 14.0. The third-order valence-corrected chi connectivity index (χ3v) is 6.97. The highest BCUT2D eigenvalue weighted by Gasteiger charge is 2.37. The Morgan fingerprint density at radius 3 is 2.85 bits per heavy atom. The highest BCUT2D eigenvalue weighted by Crippen LogP contribution is 2.37. The number of rotatable bonds is 5. The highest BCUT2D eigenvalue weighted by molar-refractivity contribution is 5.87. The second kappa shape index (κ2) is 9.39. The van der Waals surface area contributed by atoms with E-state index in [1.165, 1.54) is 17.2 Å². The molecule has 1 aliphatic carbocycles. The molecule has 1 saturated heterocycles. The molecular weight excluding hydrogens is 435 g/mol. The maximum atomic E-state index is 14.0. The number of hydrogen-bond donors (Lipinski definition) is 1. The molecule has 1 aliphatic heterocycles. The van der Waals surface area contributed by atoms with Crippen LogP contribution < -0.4 is 5.32 Å². The maximum Gasteiger partial charge on any atom is 0.249 e. The zero-order valence-corrected chi connectivity index (χ0v) is 19.1. The Morgan fingerprint density at radius 2 is 2.06 bits per heavy atom. The van der Waals surface area contributed by atoms with E-state index in [-0.39, 0.29) is 23.4 Å². The number of aromatic nitrogens is 3. The van der Waals surface area contributed by atoms with Gasteiger partial charge in [0.25, 0.3) is 0 Å². The topological polar surface area (TPSA) is 96.1 Å². The van der Waals surface area contributed by atoms with Crippen LogP contribution in [0.5, 0.6) is 0 Å². The number of carbonyl (C=O) groups is 1. The van der Waals surface area contributed by atoms with E-state index in [0.717, 1.165) is 49.1 Å². The molecule has 1 atom stereocenters. The lowest BCUT2D eigenvalue weighted by Crippen LogP contribution is -2.37. The summed E-state index contributed by atoms with van der Waals surface area (Å²) in [6.07, 6.45) is 7.58. The molecule has 9 heteroatoms. The first kappa shape index (κ1) is 22.3. The molecule has 1 aromatic carbocycles. The van der Waals surface area contributed by atoms with Crippen LogP contribution in [0.25, 0.3) is 11.0 Å². The third kappa shape index (κ3) is 4.33. The van der Waals surface area contributed by atoms with E-state index >= 15 is 0 Å². The molecule has 1 amide bonds. The van der Waals surface area contributed by atoms with Gasteiger partial charge in [0.1, 0.15) is 23.6 Å². The van der Waals surface area contributed by atoms with Crippen LogP contribution in [0.2, 0.25) is 0 Å². The molecule has 34 heavy (non-hydrogen) atoms. The van der Waals surface area contributed by atoms with Gasteiger partial charge in [0.2, 0.25) is 5.91 Å². The van der Waals surface area contributed by atoms with Crippen LogP contribution in [0.3, 0.4) is 0 Å². The van der Waals surface area contributed by atoms with E-state index < -0.39 is 5.82 Å². The Balaban J connectivity index is 1.19. The van der Waals surface area contributed by atoms with Crippen molar-refractivity contribution in [3.63, 3.8) is 0 Å². The smallest absolute Gasteiger partial charge is 0.249 e. The largest absolute Gasteiger partial charge is 0.369 e. The molecule has 1 saturated carbocycles. The number of hydrogen-bond acceptors (Lipinski definition) is 6.